The Hall–Kier alpha value is -1.68. The molecule has 1 unspecified atom stereocenters. The Morgan fingerprint density at radius 3 is 2.76 bits per heavy atom. The van der Waals surface area contributed by atoms with Gasteiger partial charge < -0.3 is 4.74 Å². The van der Waals surface area contributed by atoms with Crippen molar-refractivity contribution in [1.29, 1.82) is 0 Å². The van der Waals surface area contributed by atoms with E-state index in [9.17, 15) is 4.79 Å². The van der Waals surface area contributed by atoms with Gasteiger partial charge in [-0.25, -0.2) is 4.79 Å². The third-order valence-corrected chi connectivity index (χ3v) is 2.54. The Bertz CT molecular complexity index is 378. The smallest absolute Gasteiger partial charge is 0.330 e. The Balaban J connectivity index is 3.01. The van der Waals surface area contributed by atoms with Crippen LogP contribution in [0, 0.1) is 0 Å². The average Bonchev–Trinajstić information content (AvgIpc) is 2.37. The molecule has 0 aromatic carbocycles. The number of esters is 1. The molecule has 1 rings (SSSR count). The summed E-state index contributed by atoms with van der Waals surface area (Å²) in [5.41, 5.74) is -0.0413. The van der Waals surface area contributed by atoms with Gasteiger partial charge in [0.15, 0.2) is 0 Å². The number of hydrogen-bond acceptors (Lipinski definition) is 4. The number of carbonyl (C=O) groups excluding carboxylic acids is 1. The number of pyridine rings is 1. The molecule has 17 heavy (non-hydrogen) atoms. The number of carbonyl (C=O) groups is 1. The highest BCUT2D eigenvalue weighted by molar-refractivity contribution is 5.82. The summed E-state index contributed by atoms with van der Waals surface area (Å²) in [4.78, 5) is 16.0. The minimum atomic E-state index is -0.868. The summed E-state index contributed by atoms with van der Waals surface area (Å²) in [6.07, 6.45) is 5.02. The van der Waals surface area contributed by atoms with E-state index in [1.165, 1.54) is 0 Å². The molecule has 1 aromatic rings. The lowest BCUT2D eigenvalue weighted by atomic mass is 9.93. The Morgan fingerprint density at radius 1 is 1.59 bits per heavy atom. The fraction of sp³-hybridized carbons (Fsp3) is 0.385. The van der Waals surface area contributed by atoms with Crippen molar-refractivity contribution in [1.82, 2.24) is 10.3 Å². The van der Waals surface area contributed by atoms with Crippen LogP contribution < -0.4 is 5.32 Å². The zero-order valence-electron chi connectivity index (χ0n) is 10.3. The second-order valence-corrected chi connectivity index (χ2v) is 3.75. The largest absolute Gasteiger partial charge is 0.464 e. The van der Waals surface area contributed by atoms with Crippen LogP contribution in [-0.2, 0) is 15.1 Å². The summed E-state index contributed by atoms with van der Waals surface area (Å²) in [6, 6.07) is 3.60. The van der Waals surface area contributed by atoms with Crippen molar-refractivity contribution in [2.45, 2.75) is 19.4 Å². The monoisotopic (exact) mass is 234 g/mol. The fourth-order valence-electron chi connectivity index (χ4n) is 1.53. The first kappa shape index (κ1) is 13.4. The summed E-state index contributed by atoms with van der Waals surface area (Å²) in [6.45, 7) is 8.10. The minimum Gasteiger partial charge on any atom is -0.464 e. The molecule has 0 spiro atoms. The number of ether oxygens (including phenoxy) is 1. The van der Waals surface area contributed by atoms with Gasteiger partial charge in [0.1, 0.15) is 5.54 Å². The van der Waals surface area contributed by atoms with Crippen molar-refractivity contribution in [2.75, 3.05) is 13.2 Å². The average molecular weight is 234 g/mol. The first-order valence-electron chi connectivity index (χ1n) is 5.58. The van der Waals surface area contributed by atoms with Gasteiger partial charge in [-0.15, -0.1) is 6.58 Å². The molecule has 4 nitrogen and oxygen atoms in total. The molecule has 0 aliphatic rings. The minimum absolute atomic E-state index is 0.298. The first-order valence-corrected chi connectivity index (χ1v) is 5.58. The molecule has 0 fully saturated rings. The van der Waals surface area contributed by atoms with Crippen molar-refractivity contribution in [2.24, 2.45) is 0 Å². The summed E-state index contributed by atoms with van der Waals surface area (Å²) < 4.78 is 5.10. The molecular formula is C13H18N2O2. The van der Waals surface area contributed by atoms with Gasteiger partial charge in [0.25, 0.3) is 0 Å². The van der Waals surface area contributed by atoms with E-state index in [0.717, 1.165) is 5.56 Å². The highest BCUT2D eigenvalue weighted by atomic mass is 16.5. The topological polar surface area (TPSA) is 51.2 Å². The van der Waals surface area contributed by atoms with Gasteiger partial charge in [0, 0.05) is 18.9 Å². The van der Waals surface area contributed by atoms with Gasteiger partial charge >= 0.3 is 5.97 Å². The number of nitrogens with one attached hydrogen (secondary N) is 1. The Labute approximate surface area is 102 Å². The summed E-state index contributed by atoms with van der Waals surface area (Å²) in [7, 11) is 0. The van der Waals surface area contributed by atoms with Crippen LogP contribution in [0.15, 0.2) is 37.2 Å². The van der Waals surface area contributed by atoms with Crippen molar-refractivity contribution in [3.63, 3.8) is 0 Å². The van der Waals surface area contributed by atoms with Crippen LogP contribution in [0.4, 0.5) is 0 Å². The maximum atomic E-state index is 12.0. The molecule has 0 saturated carbocycles. The summed E-state index contributed by atoms with van der Waals surface area (Å²) >= 11 is 0. The quantitative estimate of drug-likeness (QED) is 0.600. The molecule has 0 aliphatic carbocycles. The molecule has 0 aliphatic heterocycles. The fourth-order valence-corrected chi connectivity index (χ4v) is 1.53. The van der Waals surface area contributed by atoms with Crippen LogP contribution in [0.25, 0.3) is 0 Å². The first-order chi connectivity index (χ1) is 8.15. The van der Waals surface area contributed by atoms with Gasteiger partial charge in [-0.1, -0.05) is 6.08 Å². The molecule has 0 radical (unpaired) electrons. The predicted octanol–water partition coefficient (Wildman–Crippen LogP) is 1.64. The Morgan fingerprint density at radius 2 is 2.24 bits per heavy atom. The second kappa shape index (κ2) is 6.15. The molecule has 92 valence electrons. The summed E-state index contributed by atoms with van der Waals surface area (Å²) in [5.74, 6) is -0.298. The molecule has 1 heterocycles. The molecule has 4 heteroatoms. The van der Waals surface area contributed by atoms with Crippen LogP contribution in [0.2, 0.25) is 0 Å². The Kier molecular flexibility index (Phi) is 4.84. The number of rotatable bonds is 6. The van der Waals surface area contributed by atoms with Gasteiger partial charge in [-0.05, 0) is 31.5 Å². The molecule has 1 N–H and O–H groups in total. The van der Waals surface area contributed by atoms with Gasteiger partial charge in [-0.2, -0.15) is 0 Å². The third-order valence-electron chi connectivity index (χ3n) is 2.54. The second-order valence-electron chi connectivity index (χ2n) is 3.75. The molecular weight excluding hydrogens is 216 g/mol. The summed E-state index contributed by atoms with van der Waals surface area (Å²) in [5, 5.41) is 3.13. The lowest BCUT2D eigenvalue weighted by molar-refractivity contribution is -0.150. The zero-order valence-corrected chi connectivity index (χ0v) is 10.3. The van der Waals surface area contributed by atoms with Crippen LogP contribution in [0.5, 0.6) is 0 Å². The van der Waals surface area contributed by atoms with Crippen LogP contribution in [0.1, 0.15) is 19.4 Å². The third kappa shape index (κ3) is 3.14. The standard InChI is InChI=1S/C13H18N2O2/c1-4-8-15-13(3,12(16)17-5-2)11-6-9-14-10-7-11/h4,6-7,9-10,15H,1,5,8H2,2-3H3. The lowest BCUT2D eigenvalue weighted by Gasteiger charge is -2.28. The number of hydrogen-bond donors (Lipinski definition) is 1. The number of aromatic nitrogens is 1. The predicted molar refractivity (Wildman–Crippen MR) is 66.4 cm³/mol. The van der Waals surface area contributed by atoms with Crippen molar-refractivity contribution < 1.29 is 9.53 Å². The highest BCUT2D eigenvalue weighted by Gasteiger charge is 2.35. The van der Waals surface area contributed by atoms with E-state index in [4.69, 9.17) is 4.74 Å². The van der Waals surface area contributed by atoms with E-state index in [2.05, 4.69) is 16.9 Å². The van der Waals surface area contributed by atoms with Crippen molar-refractivity contribution >= 4 is 5.97 Å². The van der Waals surface area contributed by atoms with E-state index in [0.29, 0.717) is 13.2 Å². The van der Waals surface area contributed by atoms with Crippen LogP contribution >= 0.6 is 0 Å². The van der Waals surface area contributed by atoms with Gasteiger partial charge in [0.2, 0.25) is 0 Å². The van der Waals surface area contributed by atoms with E-state index >= 15 is 0 Å². The van der Waals surface area contributed by atoms with E-state index in [1.807, 2.05) is 0 Å². The maximum absolute atomic E-state index is 12.0. The SMILES string of the molecule is C=CCNC(C)(C(=O)OCC)c1ccncc1. The van der Waals surface area contributed by atoms with E-state index in [-0.39, 0.29) is 5.97 Å². The van der Waals surface area contributed by atoms with Gasteiger partial charge in [0.05, 0.1) is 6.61 Å². The maximum Gasteiger partial charge on any atom is 0.330 e. The molecule has 1 aromatic heterocycles. The number of nitrogens with zero attached hydrogens (tertiary/aromatic N) is 1. The molecule has 0 bridgehead atoms. The highest BCUT2D eigenvalue weighted by Crippen LogP contribution is 2.21. The molecule has 1 atom stereocenters. The molecule has 0 amide bonds. The normalized spacial score (nSPS) is 13.8. The van der Waals surface area contributed by atoms with Crippen molar-refractivity contribution in [3.05, 3.63) is 42.7 Å². The van der Waals surface area contributed by atoms with Gasteiger partial charge in [-0.3, -0.25) is 10.3 Å². The van der Waals surface area contributed by atoms with E-state index < -0.39 is 5.54 Å². The zero-order chi connectivity index (χ0) is 12.7. The van der Waals surface area contributed by atoms with E-state index in [1.54, 1.807) is 44.4 Å². The van der Waals surface area contributed by atoms with Crippen molar-refractivity contribution in [3.8, 4) is 0 Å². The lowest BCUT2D eigenvalue weighted by Crippen LogP contribution is -2.47. The van der Waals surface area contributed by atoms with Crippen LogP contribution in [-0.4, -0.2) is 24.1 Å². The van der Waals surface area contributed by atoms with Crippen LogP contribution in [0.3, 0.4) is 0 Å². The molecule has 0 saturated heterocycles.